The minimum absolute atomic E-state index is 0.118. The standard InChI is InChI=1S/C21H22N4O6S/c1-29-17-6-4-15(5-7-17)20-23-19(24-31-20)14-30-21(26)16-8-11-25(12-9-16)32(27,28)18-3-2-10-22-13-18/h2-7,10,13,16H,8-9,11-12,14H2,1H3. The maximum Gasteiger partial charge on any atom is 0.309 e. The van der Waals surface area contributed by atoms with Crippen LogP contribution >= 0.6 is 0 Å². The number of pyridine rings is 1. The topological polar surface area (TPSA) is 125 Å². The average molecular weight is 458 g/mol. The second kappa shape index (κ2) is 9.45. The Labute approximate surface area is 185 Å². The third-order valence-electron chi connectivity index (χ3n) is 5.21. The van der Waals surface area contributed by atoms with E-state index in [2.05, 4.69) is 15.1 Å². The van der Waals surface area contributed by atoms with Crippen molar-refractivity contribution in [2.24, 2.45) is 5.92 Å². The van der Waals surface area contributed by atoms with E-state index in [1.165, 1.54) is 22.8 Å². The molecule has 0 spiro atoms. The van der Waals surface area contributed by atoms with Gasteiger partial charge >= 0.3 is 5.97 Å². The Morgan fingerprint density at radius 1 is 1.19 bits per heavy atom. The predicted molar refractivity (Wildman–Crippen MR) is 112 cm³/mol. The van der Waals surface area contributed by atoms with Crippen molar-refractivity contribution in [3.63, 3.8) is 0 Å². The van der Waals surface area contributed by atoms with Crippen LogP contribution in [-0.2, 0) is 26.2 Å². The Kier molecular flexibility index (Phi) is 6.47. The predicted octanol–water partition coefficient (Wildman–Crippen LogP) is 2.28. The molecule has 168 valence electrons. The lowest BCUT2D eigenvalue weighted by atomic mass is 9.98. The van der Waals surface area contributed by atoms with Crippen LogP contribution in [0.25, 0.3) is 11.5 Å². The smallest absolute Gasteiger partial charge is 0.309 e. The molecule has 3 aromatic rings. The molecule has 1 aliphatic heterocycles. The maximum absolute atomic E-state index is 12.7. The van der Waals surface area contributed by atoms with Gasteiger partial charge in [-0.15, -0.1) is 0 Å². The largest absolute Gasteiger partial charge is 0.497 e. The zero-order chi connectivity index (χ0) is 22.6. The summed E-state index contributed by atoms with van der Waals surface area (Å²) in [6.45, 7) is 0.355. The molecule has 0 N–H and O–H groups in total. The molecular weight excluding hydrogens is 436 g/mol. The SMILES string of the molecule is COc1ccc(-c2nc(COC(=O)C3CCN(S(=O)(=O)c4cccnc4)CC3)no2)cc1. The highest BCUT2D eigenvalue weighted by Gasteiger charge is 2.33. The molecule has 1 fully saturated rings. The number of methoxy groups -OCH3 is 1. The second-order valence-corrected chi connectivity index (χ2v) is 9.16. The first-order valence-electron chi connectivity index (χ1n) is 10.0. The molecule has 4 rings (SSSR count). The molecule has 1 aromatic carbocycles. The quantitative estimate of drug-likeness (QED) is 0.490. The van der Waals surface area contributed by atoms with Crippen molar-refractivity contribution in [2.45, 2.75) is 24.3 Å². The number of rotatable bonds is 7. The normalized spacial score (nSPS) is 15.4. The number of carbonyl (C=O) groups is 1. The first kappa shape index (κ1) is 21.9. The molecule has 0 radical (unpaired) electrons. The fourth-order valence-electron chi connectivity index (χ4n) is 3.40. The lowest BCUT2D eigenvalue weighted by Gasteiger charge is -2.29. The van der Waals surface area contributed by atoms with Crippen LogP contribution in [0.15, 0.2) is 58.2 Å². The van der Waals surface area contributed by atoms with Gasteiger partial charge in [0, 0.05) is 31.0 Å². The Morgan fingerprint density at radius 2 is 1.94 bits per heavy atom. The van der Waals surface area contributed by atoms with Gasteiger partial charge in [0.25, 0.3) is 5.89 Å². The molecule has 1 saturated heterocycles. The van der Waals surface area contributed by atoms with Crippen LogP contribution in [0.2, 0.25) is 0 Å². The number of hydrogen-bond acceptors (Lipinski definition) is 9. The zero-order valence-electron chi connectivity index (χ0n) is 17.4. The van der Waals surface area contributed by atoms with Crippen LogP contribution in [0.5, 0.6) is 5.75 Å². The van der Waals surface area contributed by atoms with E-state index in [0.717, 1.165) is 5.56 Å². The third-order valence-corrected chi connectivity index (χ3v) is 7.09. The summed E-state index contributed by atoms with van der Waals surface area (Å²) in [5.74, 6) is 0.484. The van der Waals surface area contributed by atoms with E-state index in [-0.39, 0.29) is 36.3 Å². The minimum atomic E-state index is -3.62. The number of piperidine rings is 1. The van der Waals surface area contributed by atoms with Gasteiger partial charge < -0.3 is 14.0 Å². The van der Waals surface area contributed by atoms with E-state index in [9.17, 15) is 13.2 Å². The van der Waals surface area contributed by atoms with Gasteiger partial charge in [0.05, 0.1) is 13.0 Å². The number of sulfonamides is 1. The molecule has 32 heavy (non-hydrogen) atoms. The van der Waals surface area contributed by atoms with Crippen molar-refractivity contribution in [3.8, 4) is 17.2 Å². The summed E-state index contributed by atoms with van der Waals surface area (Å²) in [5, 5.41) is 3.84. The zero-order valence-corrected chi connectivity index (χ0v) is 18.2. The number of carbonyl (C=O) groups excluding carboxylic acids is 1. The van der Waals surface area contributed by atoms with E-state index in [4.69, 9.17) is 14.0 Å². The van der Waals surface area contributed by atoms with Crippen molar-refractivity contribution in [2.75, 3.05) is 20.2 Å². The summed E-state index contributed by atoms with van der Waals surface area (Å²) in [4.78, 5) is 20.7. The third kappa shape index (κ3) is 4.78. The average Bonchev–Trinajstić information content (AvgIpc) is 3.32. The summed E-state index contributed by atoms with van der Waals surface area (Å²) >= 11 is 0. The molecule has 2 aromatic heterocycles. The minimum Gasteiger partial charge on any atom is -0.497 e. The van der Waals surface area contributed by atoms with Gasteiger partial charge in [-0.2, -0.15) is 9.29 Å². The second-order valence-electron chi connectivity index (χ2n) is 7.22. The summed E-state index contributed by atoms with van der Waals surface area (Å²) < 4.78 is 42.4. The first-order valence-corrected chi connectivity index (χ1v) is 11.4. The Hall–Kier alpha value is -3.31. The van der Waals surface area contributed by atoms with Crippen LogP contribution in [-0.4, -0.2) is 54.0 Å². The number of nitrogens with zero attached hydrogens (tertiary/aromatic N) is 4. The molecule has 0 saturated carbocycles. The molecule has 3 heterocycles. The highest BCUT2D eigenvalue weighted by Crippen LogP contribution is 2.25. The van der Waals surface area contributed by atoms with Crippen LogP contribution < -0.4 is 4.74 Å². The van der Waals surface area contributed by atoms with Crippen LogP contribution in [0, 0.1) is 5.92 Å². The number of hydrogen-bond donors (Lipinski definition) is 0. The highest BCUT2D eigenvalue weighted by atomic mass is 32.2. The highest BCUT2D eigenvalue weighted by molar-refractivity contribution is 7.89. The van der Waals surface area contributed by atoms with Gasteiger partial charge in [0.2, 0.25) is 15.8 Å². The van der Waals surface area contributed by atoms with Gasteiger partial charge in [-0.25, -0.2) is 8.42 Å². The Morgan fingerprint density at radius 3 is 2.59 bits per heavy atom. The Balaban J connectivity index is 1.29. The van der Waals surface area contributed by atoms with Crippen molar-refractivity contribution >= 4 is 16.0 Å². The molecule has 0 unspecified atom stereocenters. The first-order chi connectivity index (χ1) is 15.5. The number of benzene rings is 1. The van der Waals surface area contributed by atoms with Crippen molar-refractivity contribution in [1.29, 1.82) is 0 Å². The van der Waals surface area contributed by atoms with Gasteiger partial charge in [-0.1, -0.05) is 5.16 Å². The monoisotopic (exact) mass is 458 g/mol. The van der Waals surface area contributed by atoms with Crippen LogP contribution in [0.1, 0.15) is 18.7 Å². The van der Waals surface area contributed by atoms with E-state index in [1.807, 2.05) is 0 Å². The molecular formula is C21H22N4O6S. The molecule has 0 atom stereocenters. The van der Waals surface area contributed by atoms with Crippen molar-refractivity contribution in [1.82, 2.24) is 19.4 Å². The molecule has 1 aliphatic rings. The van der Waals surface area contributed by atoms with Gasteiger partial charge in [0.15, 0.2) is 6.61 Å². The molecule has 10 nitrogen and oxygen atoms in total. The molecule has 0 aliphatic carbocycles. The van der Waals surface area contributed by atoms with Crippen molar-refractivity contribution in [3.05, 3.63) is 54.6 Å². The number of ether oxygens (including phenoxy) is 2. The molecule has 0 bridgehead atoms. The summed E-state index contributed by atoms with van der Waals surface area (Å²) in [6.07, 6.45) is 3.59. The van der Waals surface area contributed by atoms with Gasteiger partial charge in [-0.05, 0) is 49.2 Å². The number of aromatic nitrogens is 3. The summed E-state index contributed by atoms with van der Waals surface area (Å²) in [5.41, 5.74) is 0.720. The van der Waals surface area contributed by atoms with E-state index >= 15 is 0 Å². The van der Waals surface area contributed by atoms with Gasteiger partial charge in [0.1, 0.15) is 10.6 Å². The maximum atomic E-state index is 12.7. The van der Waals surface area contributed by atoms with E-state index in [0.29, 0.717) is 24.5 Å². The number of esters is 1. The van der Waals surface area contributed by atoms with Crippen LogP contribution in [0.3, 0.4) is 0 Å². The lowest BCUT2D eigenvalue weighted by Crippen LogP contribution is -2.40. The van der Waals surface area contributed by atoms with Gasteiger partial charge in [-0.3, -0.25) is 9.78 Å². The molecule has 11 heteroatoms. The summed E-state index contributed by atoms with van der Waals surface area (Å²) in [7, 11) is -2.04. The molecule has 0 amide bonds. The summed E-state index contributed by atoms with van der Waals surface area (Å²) in [6, 6.07) is 10.2. The lowest BCUT2D eigenvalue weighted by molar-refractivity contribution is -0.151. The van der Waals surface area contributed by atoms with E-state index in [1.54, 1.807) is 37.4 Å². The van der Waals surface area contributed by atoms with Crippen molar-refractivity contribution < 1.29 is 27.2 Å². The fourth-order valence-corrected chi connectivity index (χ4v) is 4.83. The van der Waals surface area contributed by atoms with E-state index < -0.39 is 16.0 Å². The fraction of sp³-hybridized carbons (Fsp3) is 0.333. The van der Waals surface area contributed by atoms with Crippen LogP contribution in [0.4, 0.5) is 0 Å². The Bertz CT molecular complexity index is 1160.